The zero-order chi connectivity index (χ0) is 16.7. The fourth-order valence-corrected chi connectivity index (χ4v) is 3.06. The molecule has 1 atom stereocenters. The van der Waals surface area contributed by atoms with E-state index in [9.17, 15) is 13.2 Å². The molecule has 0 saturated carbocycles. The van der Waals surface area contributed by atoms with Crippen molar-refractivity contribution in [2.45, 2.75) is 45.2 Å². The number of hydrogen-bond donors (Lipinski definition) is 0. The van der Waals surface area contributed by atoms with Crippen LogP contribution in [0.25, 0.3) is 0 Å². The number of alkyl halides is 3. The van der Waals surface area contributed by atoms with Crippen molar-refractivity contribution in [1.29, 1.82) is 0 Å². The van der Waals surface area contributed by atoms with Crippen LogP contribution in [-0.2, 0) is 6.42 Å². The molecule has 0 amide bonds. The van der Waals surface area contributed by atoms with Crippen molar-refractivity contribution in [3.8, 4) is 5.75 Å². The number of halogens is 3. The van der Waals surface area contributed by atoms with Crippen molar-refractivity contribution in [2.75, 3.05) is 26.2 Å². The van der Waals surface area contributed by atoms with E-state index in [0.29, 0.717) is 11.7 Å². The Kier molecular flexibility index (Phi) is 6.75. The quantitative estimate of drug-likeness (QED) is 0.642. The minimum atomic E-state index is -4.10. The zero-order valence-corrected chi connectivity index (χ0v) is 13.7. The summed E-state index contributed by atoms with van der Waals surface area (Å²) in [5, 5.41) is 0. The van der Waals surface area contributed by atoms with Crippen molar-refractivity contribution in [2.24, 2.45) is 5.92 Å². The van der Waals surface area contributed by atoms with E-state index in [4.69, 9.17) is 4.74 Å². The molecule has 1 aromatic rings. The molecule has 1 fully saturated rings. The van der Waals surface area contributed by atoms with Crippen molar-refractivity contribution in [1.82, 2.24) is 4.90 Å². The summed E-state index contributed by atoms with van der Waals surface area (Å²) in [7, 11) is 0. The zero-order valence-electron chi connectivity index (χ0n) is 13.7. The number of ether oxygens (including phenoxy) is 1. The minimum Gasteiger partial charge on any atom is -0.494 e. The average Bonchev–Trinajstić information content (AvgIpc) is 2.97. The van der Waals surface area contributed by atoms with Gasteiger partial charge >= 0.3 is 6.18 Å². The smallest absolute Gasteiger partial charge is 0.389 e. The monoisotopic (exact) mass is 329 g/mol. The van der Waals surface area contributed by atoms with Gasteiger partial charge in [-0.3, -0.25) is 0 Å². The molecule has 2 nitrogen and oxygen atoms in total. The molecule has 2 rings (SSSR count). The summed E-state index contributed by atoms with van der Waals surface area (Å²) in [6, 6.07) is 7.73. The van der Waals surface area contributed by atoms with Crippen LogP contribution in [0.1, 0.15) is 38.2 Å². The lowest BCUT2D eigenvalue weighted by molar-refractivity contribution is -0.136. The van der Waals surface area contributed by atoms with Gasteiger partial charge in [0.05, 0.1) is 6.61 Å². The lowest BCUT2D eigenvalue weighted by atomic mass is 10.0. The highest BCUT2D eigenvalue weighted by Gasteiger charge is 2.26. The third-order valence-corrected chi connectivity index (χ3v) is 4.15. The summed E-state index contributed by atoms with van der Waals surface area (Å²) in [4.78, 5) is 2.52. The first-order valence-corrected chi connectivity index (χ1v) is 8.43. The second-order valence-corrected chi connectivity index (χ2v) is 6.53. The van der Waals surface area contributed by atoms with Gasteiger partial charge in [-0.05, 0) is 62.4 Å². The van der Waals surface area contributed by atoms with Crippen molar-refractivity contribution >= 4 is 0 Å². The SMILES string of the molecule is CC(Cc1ccc(OCCCC(F)(F)F)cc1)CN1CCCC1. The van der Waals surface area contributed by atoms with Gasteiger partial charge in [0.2, 0.25) is 0 Å². The normalized spacial score (nSPS) is 17.4. The van der Waals surface area contributed by atoms with Crippen LogP contribution in [0.5, 0.6) is 5.75 Å². The van der Waals surface area contributed by atoms with E-state index < -0.39 is 12.6 Å². The first-order chi connectivity index (χ1) is 10.9. The minimum absolute atomic E-state index is 0.00186. The van der Waals surface area contributed by atoms with E-state index in [-0.39, 0.29) is 13.0 Å². The molecule has 23 heavy (non-hydrogen) atoms. The van der Waals surface area contributed by atoms with Crippen molar-refractivity contribution < 1.29 is 17.9 Å². The Morgan fingerprint density at radius 2 is 1.78 bits per heavy atom. The van der Waals surface area contributed by atoms with Crippen molar-refractivity contribution in [3.63, 3.8) is 0 Å². The predicted octanol–water partition coefficient (Wildman–Crippen LogP) is 4.68. The summed E-state index contributed by atoms with van der Waals surface area (Å²) in [5.74, 6) is 1.25. The average molecular weight is 329 g/mol. The second kappa shape index (κ2) is 8.57. The third kappa shape index (κ3) is 7.25. The van der Waals surface area contributed by atoms with Gasteiger partial charge in [0.1, 0.15) is 5.75 Å². The van der Waals surface area contributed by atoms with Crippen LogP contribution in [0.3, 0.4) is 0 Å². The van der Waals surface area contributed by atoms with Crippen LogP contribution >= 0.6 is 0 Å². The van der Waals surface area contributed by atoms with Gasteiger partial charge in [-0.15, -0.1) is 0 Å². The molecule has 1 unspecified atom stereocenters. The summed E-state index contributed by atoms with van der Waals surface area (Å²) < 4.78 is 41.5. The van der Waals surface area contributed by atoms with Crippen LogP contribution in [0.4, 0.5) is 13.2 Å². The maximum Gasteiger partial charge on any atom is 0.389 e. The molecule has 0 aromatic heterocycles. The Morgan fingerprint density at radius 3 is 2.39 bits per heavy atom. The first kappa shape index (κ1) is 18.1. The van der Waals surface area contributed by atoms with Crippen molar-refractivity contribution in [3.05, 3.63) is 29.8 Å². The van der Waals surface area contributed by atoms with Gasteiger partial charge in [-0.25, -0.2) is 0 Å². The van der Waals surface area contributed by atoms with E-state index in [1.807, 2.05) is 24.3 Å². The molecule has 0 aliphatic carbocycles. The van der Waals surface area contributed by atoms with Crippen LogP contribution < -0.4 is 4.74 Å². The van der Waals surface area contributed by atoms with Crippen LogP contribution in [0.15, 0.2) is 24.3 Å². The predicted molar refractivity (Wildman–Crippen MR) is 85.8 cm³/mol. The molecule has 0 radical (unpaired) electrons. The molecule has 5 heteroatoms. The largest absolute Gasteiger partial charge is 0.494 e. The summed E-state index contributed by atoms with van der Waals surface area (Å²) >= 11 is 0. The molecule has 1 aliphatic rings. The Hall–Kier alpha value is -1.23. The Labute approximate surface area is 136 Å². The van der Waals surface area contributed by atoms with Gasteiger partial charge in [-0.2, -0.15) is 13.2 Å². The van der Waals surface area contributed by atoms with Crippen LogP contribution in [0.2, 0.25) is 0 Å². The molecule has 0 N–H and O–H groups in total. The standard InChI is InChI=1S/C18H26F3NO/c1-15(14-22-10-2-3-11-22)13-16-5-7-17(8-6-16)23-12-4-9-18(19,20)21/h5-8,15H,2-4,9-14H2,1H3. The topological polar surface area (TPSA) is 12.5 Å². The number of nitrogens with zero attached hydrogens (tertiary/aromatic N) is 1. The van der Waals surface area contributed by atoms with E-state index in [1.54, 1.807) is 0 Å². The lowest BCUT2D eigenvalue weighted by Gasteiger charge is -2.20. The van der Waals surface area contributed by atoms with E-state index in [2.05, 4.69) is 11.8 Å². The molecule has 130 valence electrons. The molecular weight excluding hydrogens is 303 g/mol. The highest BCUT2D eigenvalue weighted by molar-refractivity contribution is 5.27. The van der Waals surface area contributed by atoms with E-state index in [0.717, 1.165) is 13.0 Å². The summed E-state index contributed by atoms with van der Waals surface area (Å²) in [6.07, 6.45) is -1.25. The van der Waals surface area contributed by atoms with E-state index >= 15 is 0 Å². The maximum absolute atomic E-state index is 12.0. The molecular formula is C18H26F3NO. The Balaban J connectivity index is 1.69. The fraction of sp³-hybridized carbons (Fsp3) is 0.667. The van der Waals surface area contributed by atoms with Crippen LogP contribution in [-0.4, -0.2) is 37.3 Å². The summed E-state index contributed by atoms with van der Waals surface area (Å²) in [5.41, 5.74) is 1.25. The Morgan fingerprint density at radius 1 is 1.13 bits per heavy atom. The number of likely N-dealkylation sites (tertiary alicyclic amines) is 1. The maximum atomic E-state index is 12.0. The molecule has 1 aliphatic heterocycles. The number of benzene rings is 1. The van der Waals surface area contributed by atoms with Gasteiger partial charge in [0.15, 0.2) is 0 Å². The van der Waals surface area contributed by atoms with Crippen LogP contribution in [0, 0.1) is 5.92 Å². The van der Waals surface area contributed by atoms with Gasteiger partial charge < -0.3 is 9.64 Å². The van der Waals surface area contributed by atoms with E-state index in [1.165, 1.54) is 31.5 Å². The van der Waals surface area contributed by atoms with Gasteiger partial charge in [0.25, 0.3) is 0 Å². The molecule has 1 aromatic carbocycles. The first-order valence-electron chi connectivity index (χ1n) is 8.43. The lowest BCUT2D eigenvalue weighted by Crippen LogP contribution is -2.26. The van der Waals surface area contributed by atoms with Gasteiger partial charge in [-0.1, -0.05) is 19.1 Å². The second-order valence-electron chi connectivity index (χ2n) is 6.53. The van der Waals surface area contributed by atoms with Gasteiger partial charge in [0, 0.05) is 13.0 Å². The molecule has 1 heterocycles. The third-order valence-electron chi connectivity index (χ3n) is 4.15. The molecule has 0 spiro atoms. The Bertz CT molecular complexity index is 452. The molecule has 1 saturated heterocycles. The number of rotatable bonds is 8. The fourth-order valence-electron chi connectivity index (χ4n) is 3.06. The highest BCUT2D eigenvalue weighted by atomic mass is 19.4. The highest BCUT2D eigenvalue weighted by Crippen LogP contribution is 2.22. The summed E-state index contributed by atoms with van der Waals surface area (Å²) in [6.45, 7) is 5.93. The molecule has 0 bridgehead atoms. The number of hydrogen-bond acceptors (Lipinski definition) is 2.